The predicted molar refractivity (Wildman–Crippen MR) is 47.3 cm³/mol. The summed E-state index contributed by atoms with van der Waals surface area (Å²) < 4.78 is 12.4. The van der Waals surface area contributed by atoms with Crippen molar-refractivity contribution >= 4 is 11.6 Å². The van der Waals surface area contributed by atoms with Crippen molar-refractivity contribution in [3.63, 3.8) is 0 Å². The second-order valence-electron chi connectivity index (χ2n) is 2.33. The van der Waals surface area contributed by atoms with E-state index in [2.05, 4.69) is 5.32 Å². The van der Waals surface area contributed by atoms with E-state index >= 15 is 0 Å². The fraction of sp³-hybridized carbons (Fsp3) is 0.222. The molecule has 0 fully saturated rings. The van der Waals surface area contributed by atoms with E-state index in [4.69, 9.17) is 6.11 Å². The van der Waals surface area contributed by atoms with Gasteiger partial charge in [0.15, 0.2) is 0 Å². The molecule has 64 valence electrons. The number of benzene rings is 1. The van der Waals surface area contributed by atoms with Gasteiger partial charge in [0, 0.05) is 12.6 Å². The van der Waals surface area contributed by atoms with E-state index in [1.54, 1.807) is 18.2 Å². The quantitative estimate of drug-likeness (QED) is 0.725. The van der Waals surface area contributed by atoms with Crippen molar-refractivity contribution in [2.24, 2.45) is 0 Å². The predicted octanol–water partition coefficient (Wildman–Crippen LogP) is 1.65. The van der Waals surface area contributed by atoms with Crippen LogP contribution in [0.3, 0.4) is 0 Å². The summed E-state index contributed by atoms with van der Waals surface area (Å²) in [4.78, 5) is 10.7. The van der Waals surface area contributed by atoms with Gasteiger partial charge in [0.05, 0.1) is 8.48 Å². The molecule has 3 nitrogen and oxygen atoms in total. The van der Waals surface area contributed by atoms with Crippen molar-refractivity contribution < 1.29 is 10.9 Å². The van der Waals surface area contributed by atoms with Crippen LogP contribution in [0.5, 0.6) is 5.75 Å². The zero-order chi connectivity index (χ0) is 9.84. The van der Waals surface area contributed by atoms with Crippen LogP contribution in [0.1, 0.15) is 8.29 Å². The lowest BCUT2D eigenvalue weighted by Gasteiger charge is -2.02. The molecule has 1 amide bonds. The van der Waals surface area contributed by atoms with E-state index in [1.807, 2.05) is 0 Å². The van der Waals surface area contributed by atoms with Gasteiger partial charge in [-0.2, -0.15) is 0 Å². The van der Waals surface area contributed by atoms with Crippen molar-refractivity contribution in [1.82, 2.24) is 0 Å². The Kier molecular flexibility index (Phi) is 2.24. The number of methoxy groups -OCH3 is 1. The lowest BCUT2D eigenvalue weighted by Crippen LogP contribution is -2.05. The molecule has 0 atom stereocenters. The second kappa shape index (κ2) is 3.76. The van der Waals surface area contributed by atoms with Crippen LogP contribution in [-0.4, -0.2) is 13.0 Å². The number of hydrogen-bond donors (Lipinski definition) is 1. The van der Waals surface area contributed by atoms with Crippen molar-refractivity contribution in [1.29, 1.82) is 0 Å². The molecular weight excluding hydrogens is 154 g/mol. The van der Waals surface area contributed by atoms with Crippen molar-refractivity contribution in [2.45, 2.75) is 6.92 Å². The highest BCUT2D eigenvalue weighted by molar-refractivity contribution is 5.88. The van der Waals surface area contributed by atoms with Crippen LogP contribution in [0.25, 0.3) is 0 Å². The average molecular weight is 166 g/mol. The van der Waals surface area contributed by atoms with Crippen LogP contribution in [-0.2, 0) is 4.79 Å². The third-order valence-corrected chi connectivity index (χ3v) is 1.32. The SMILES string of the molecule is [2H]c1cc(NC(C)=O)ccc1OC. The molecule has 1 rings (SSSR count). The maximum absolute atomic E-state index is 10.7. The van der Waals surface area contributed by atoms with E-state index in [9.17, 15) is 4.79 Å². The standard InChI is InChI=1S/C9H11NO2/c1-7(11)10-8-3-5-9(12-2)6-4-8/h3-6H,1-2H3,(H,10,11)/i5D. The Balaban J connectivity index is 2.89. The van der Waals surface area contributed by atoms with Crippen molar-refractivity contribution in [3.05, 3.63) is 24.2 Å². The molecule has 0 heterocycles. The number of carbonyl (C=O) groups excluding carboxylic acids is 1. The number of nitrogens with one attached hydrogen (secondary N) is 1. The minimum absolute atomic E-state index is 0.149. The molecule has 1 N–H and O–H groups in total. The van der Waals surface area contributed by atoms with Gasteiger partial charge in [-0.05, 0) is 24.2 Å². The van der Waals surface area contributed by atoms with Gasteiger partial charge in [-0.25, -0.2) is 0 Å². The third kappa shape index (κ3) is 2.27. The zero-order valence-electron chi connectivity index (χ0n) is 8.05. The van der Waals surface area contributed by atoms with E-state index in [-0.39, 0.29) is 11.9 Å². The summed E-state index contributed by atoms with van der Waals surface area (Å²) in [5.41, 5.74) is 0.610. The lowest BCUT2D eigenvalue weighted by atomic mass is 10.3. The molecule has 0 aliphatic heterocycles. The molecule has 1 aromatic rings. The summed E-state index contributed by atoms with van der Waals surface area (Å²) in [6.07, 6.45) is 0. The van der Waals surface area contributed by atoms with E-state index in [0.717, 1.165) is 0 Å². The molecule has 0 aliphatic rings. The first-order valence-electron chi connectivity index (χ1n) is 4.05. The molecule has 0 spiro atoms. The monoisotopic (exact) mass is 166 g/mol. The van der Waals surface area contributed by atoms with Crippen molar-refractivity contribution in [3.8, 4) is 5.75 Å². The third-order valence-electron chi connectivity index (χ3n) is 1.32. The summed E-state index contributed by atoms with van der Waals surface area (Å²) in [6.45, 7) is 1.42. The molecule has 0 saturated carbocycles. The Labute approximate surface area is 72.8 Å². The van der Waals surface area contributed by atoms with Crippen LogP contribution >= 0.6 is 0 Å². The molecule has 0 aliphatic carbocycles. The fourth-order valence-corrected chi connectivity index (χ4v) is 0.819. The van der Waals surface area contributed by atoms with Gasteiger partial charge in [-0.1, -0.05) is 0 Å². The van der Waals surface area contributed by atoms with Crippen molar-refractivity contribution in [2.75, 3.05) is 12.4 Å². The first kappa shape index (κ1) is 7.16. The Morgan fingerprint density at radius 2 is 2.33 bits per heavy atom. The van der Waals surface area contributed by atoms with E-state index < -0.39 is 0 Å². The molecule has 0 unspecified atom stereocenters. The zero-order valence-corrected chi connectivity index (χ0v) is 7.05. The molecule has 1 aromatic carbocycles. The molecule has 0 saturated heterocycles. The van der Waals surface area contributed by atoms with Crippen LogP contribution in [0, 0.1) is 0 Å². The van der Waals surface area contributed by atoms with Gasteiger partial charge in [0.25, 0.3) is 0 Å². The number of carbonyl (C=O) groups is 1. The average Bonchev–Trinajstić information content (AvgIpc) is 2.03. The lowest BCUT2D eigenvalue weighted by molar-refractivity contribution is -0.114. The van der Waals surface area contributed by atoms with Gasteiger partial charge in [0.1, 0.15) is 5.75 Å². The highest BCUT2D eigenvalue weighted by atomic mass is 16.5. The van der Waals surface area contributed by atoms with Crippen LogP contribution < -0.4 is 10.1 Å². The maximum Gasteiger partial charge on any atom is 0.221 e. The molecule has 3 heteroatoms. The van der Waals surface area contributed by atoms with Gasteiger partial charge < -0.3 is 10.1 Å². The minimum Gasteiger partial charge on any atom is -0.497 e. The highest BCUT2D eigenvalue weighted by Crippen LogP contribution is 2.14. The first-order chi connectivity index (χ1) is 6.13. The molecular formula is C9H11NO2. The topological polar surface area (TPSA) is 38.3 Å². The summed E-state index contributed by atoms with van der Waals surface area (Å²) >= 11 is 0. The van der Waals surface area contributed by atoms with Crippen LogP contribution in [0.15, 0.2) is 24.2 Å². The smallest absolute Gasteiger partial charge is 0.221 e. The molecule has 0 bridgehead atoms. The van der Waals surface area contributed by atoms with E-state index in [1.165, 1.54) is 14.0 Å². The summed E-state index contributed by atoms with van der Waals surface area (Å²) in [5.74, 6) is 0.346. The largest absolute Gasteiger partial charge is 0.497 e. The normalized spacial score (nSPS) is 10.3. The summed E-state index contributed by atoms with van der Waals surface area (Å²) in [5, 5.41) is 2.58. The Morgan fingerprint density at radius 1 is 1.58 bits per heavy atom. The van der Waals surface area contributed by atoms with Crippen LogP contribution in [0.4, 0.5) is 5.69 Å². The van der Waals surface area contributed by atoms with Gasteiger partial charge in [-0.15, -0.1) is 0 Å². The number of amides is 1. The maximum atomic E-state index is 10.7. The molecule has 12 heavy (non-hydrogen) atoms. The minimum atomic E-state index is -0.149. The Bertz CT molecular complexity index is 325. The molecule has 0 radical (unpaired) electrons. The fourth-order valence-electron chi connectivity index (χ4n) is 0.819. The number of ether oxygens (including phenoxy) is 1. The van der Waals surface area contributed by atoms with E-state index in [0.29, 0.717) is 11.4 Å². The number of anilines is 1. The molecule has 0 aromatic heterocycles. The van der Waals surface area contributed by atoms with Gasteiger partial charge in [0.2, 0.25) is 5.91 Å². The highest BCUT2D eigenvalue weighted by Gasteiger charge is 1.94. The first-order valence-corrected chi connectivity index (χ1v) is 3.55. The number of hydrogen-bond acceptors (Lipinski definition) is 2. The summed E-state index contributed by atoms with van der Waals surface area (Å²) in [7, 11) is 1.51. The Morgan fingerprint density at radius 3 is 2.83 bits per heavy atom. The van der Waals surface area contributed by atoms with Gasteiger partial charge in [-0.3, -0.25) is 4.79 Å². The van der Waals surface area contributed by atoms with Crippen LogP contribution in [0.2, 0.25) is 0 Å². The Hall–Kier alpha value is -1.51. The second-order valence-corrected chi connectivity index (χ2v) is 2.33. The summed E-state index contributed by atoms with van der Waals surface area (Å²) in [6, 6.07) is 5.14. The van der Waals surface area contributed by atoms with Gasteiger partial charge >= 0.3 is 0 Å². The number of rotatable bonds is 2.